The summed E-state index contributed by atoms with van der Waals surface area (Å²) < 4.78 is 3.10. The molecule has 0 saturated carbocycles. The molecule has 1 amide bonds. The number of aromatic nitrogens is 2. The molecule has 0 fully saturated rings. The third-order valence-corrected chi connectivity index (χ3v) is 6.12. The summed E-state index contributed by atoms with van der Waals surface area (Å²) in [5.41, 5.74) is 2.57. The number of nitrogens with zero attached hydrogens (tertiary/aromatic N) is 2. The molecule has 0 unspecified atom stereocenters. The van der Waals surface area contributed by atoms with E-state index in [0.29, 0.717) is 22.3 Å². The summed E-state index contributed by atoms with van der Waals surface area (Å²) in [6, 6.07) is 19.1. The Hall–Kier alpha value is -3.45. The summed E-state index contributed by atoms with van der Waals surface area (Å²) in [7, 11) is 0. The number of hydrogen-bond acceptors (Lipinski definition) is 4. The quantitative estimate of drug-likeness (QED) is 0.483. The first-order chi connectivity index (χ1) is 15.1. The van der Waals surface area contributed by atoms with Crippen LogP contribution in [0.15, 0.2) is 75.6 Å². The van der Waals surface area contributed by atoms with Crippen LogP contribution in [0.2, 0.25) is 0 Å². The third kappa shape index (κ3) is 4.51. The Bertz CT molecular complexity index is 1340. The Morgan fingerprint density at radius 2 is 1.74 bits per heavy atom. The van der Waals surface area contributed by atoms with Crippen LogP contribution >= 0.6 is 11.3 Å². The number of fused-ring (bicyclic) bond motifs is 1. The lowest BCUT2D eigenvalue weighted by molar-refractivity contribution is -0.116. The highest BCUT2D eigenvalue weighted by molar-refractivity contribution is 7.17. The van der Waals surface area contributed by atoms with E-state index in [2.05, 4.69) is 5.32 Å². The lowest BCUT2D eigenvalue weighted by Crippen LogP contribution is -2.41. The van der Waals surface area contributed by atoms with E-state index in [1.54, 1.807) is 11.4 Å². The van der Waals surface area contributed by atoms with Crippen LogP contribution < -0.4 is 16.6 Å². The van der Waals surface area contributed by atoms with Gasteiger partial charge in [-0.25, -0.2) is 4.79 Å². The van der Waals surface area contributed by atoms with Gasteiger partial charge in [-0.15, -0.1) is 11.3 Å². The van der Waals surface area contributed by atoms with Crippen molar-refractivity contribution >= 4 is 33.1 Å². The van der Waals surface area contributed by atoms with Crippen molar-refractivity contribution in [3.63, 3.8) is 0 Å². The number of hydrogen-bond donors (Lipinski definition) is 1. The molecule has 0 aliphatic carbocycles. The van der Waals surface area contributed by atoms with Gasteiger partial charge in [-0.2, -0.15) is 0 Å². The molecule has 2 aromatic carbocycles. The van der Waals surface area contributed by atoms with Crippen LogP contribution in [-0.4, -0.2) is 15.0 Å². The molecule has 1 N–H and O–H groups in total. The fourth-order valence-electron chi connectivity index (χ4n) is 3.58. The number of carbonyl (C=O) groups excluding carboxylic acids is 1. The molecule has 0 aliphatic rings. The second kappa shape index (κ2) is 9.14. The normalized spacial score (nSPS) is 11.0. The molecule has 6 nitrogen and oxygen atoms in total. The summed E-state index contributed by atoms with van der Waals surface area (Å²) in [5.74, 6) is -0.309. The highest BCUT2D eigenvalue weighted by Gasteiger charge is 2.16. The highest BCUT2D eigenvalue weighted by Crippen LogP contribution is 2.16. The standard InChI is InChI=1S/C24H23N3O3S/c1-2-17-9-6-10-19(15-17)25-21(28)16-27-20-12-14-31-22(20)23(29)26(24(27)30)13-11-18-7-4-3-5-8-18/h3-10,12,14-15H,2,11,13,16H2,1H3,(H,25,28). The van der Waals surface area contributed by atoms with Crippen molar-refractivity contribution < 1.29 is 4.79 Å². The van der Waals surface area contributed by atoms with Crippen LogP contribution in [-0.2, 0) is 30.7 Å². The molecular weight excluding hydrogens is 410 g/mol. The monoisotopic (exact) mass is 433 g/mol. The number of anilines is 1. The second-order valence-corrected chi connectivity index (χ2v) is 8.21. The molecule has 2 heterocycles. The number of carbonyl (C=O) groups is 1. The van der Waals surface area contributed by atoms with Gasteiger partial charge in [0.2, 0.25) is 5.91 Å². The van der Waals surface area contributed by atoms with Crippen LogP contribution in [0.25, 0.3) is 10.2 Å². The summed E-state index contributed by atoms with van der Waals surface area (Å²) in [6.07, 6.45) is 1.42. The van der Waals surface area contributed by atoms with Crippen molar-refractivity contribution in [2.75, 3.05) is 5.32 Å². The molecule has 4 rings (SSSR count). The third-order valence-electron chi connectivity index (χ3n) is 5.22. The minimum atomic E-state index is -0.468. The maximum absolute atomic E-state index is 13.2. The zero-order chi connectivity index (χ0) is 21.8. The van der Waals surface area contributed by atoms with E-state index in [4.69, 9.17) is 0 Å². The lowest BCUT2D eigenvalue weighted by Gasteiger charge is -2.13. The molecule has 31 heavy (non-hydrogen) atoms. The number of thiophene rings is 1. The van der Waals surface area contributed by atoms with Crippen molar-refractivity contribution in [3.05, 3.63) is 98.0 Å². The first-order valence-electron chi connectivity index (χ1n) is 10.2. The molecule has 0 aliphatic heterocycles. The summed E-state index contributed by atoms with van der Waals surface area (Å²) in [4.78, 5) is 38.8. The highest BCUT2D eigenvalue weighted by atomic mass is 32.1. The maximum atomic E-state index is 13.2. The predicted molar refractivity (Wildman–Crippen MR) is 125 cm³/mol. The summed E-state index contributed by atoms with van der Waals surface area (Å²) in [5, 5.41) is 4.63. The molecule has 158 valence electrons. The molecule has 0 radical (unpaired) electrons. The van der Waals surface area contributed by atoms with Crippen molar-refractivity contribution in [1.29, 1.82) is 0 Å². The Morgan fingerprint density at radius 3 is 2.52 bits per heavy atom. The Kier molecular flexibility index (Phi) is 6.13. The summed E-state index contributed by atoms with van der Waals surface area (Å²) in [6.45, 7) is 2.15. The van der Waals surface area contributed by atoms with Gasteiger partial charge in [-0.3, -0.25) is 18.7 Å². The molecule has 0 saturated heterocycles. The topological polar surface area (TPSA) is 73.1 Å². The Labute approximate surface area is 183 Å². The van der Waals surface area contributed by atoms with Gasteiger partial charge in [0.1, 0.15) is 11.2 Å². The van der Waals surface area contributed by atoms with E-state index in [1.807, 2.05) is 61.5 Å². The maximum Gasteiger partial charge on any atom is 0.332 e. The molecule has 0 atom stereocenters. The minimum Gasteiger partial charge on any atom is -0.325 e. The number of nitrogens with one attached hydrogen (secondary N) is 1. The van der Waals surface area contributed by atoms with E-state index < -0.39 is 5.69 Å². The van der Waals surface area contributed by atoms with Gasteiger partial charge >= 0.3 is 5.69 Å². The zero-order valence-electron chi connectivity index (χ0n) is 17.2. The molecule has 0 bridgehead atoms. The van der Waals surface area contributed by atoms with Crippen LogP contribution in [0.5, 0.6) is 0 Å². The van der Waals surface area contributed by atoms with Gasteiger partial charge in [0, 0.05) is 12.2 Å². The van der Waals surface area contributed by atoms with Crippen LogP contribution in [0.4, 0.5) is 5.69 Å². The van der Waals surface area contributed by atoms with E-state index in [-0.39, 0.29) is 24.6 Å². The first kappa shape index (κ1) is 20.8. The number of rotatable bonds is 7. The van der Waals surface area contributed by atoms with Gasteiger partial charge in [-0.05, 0) is 47.5 Å². The SMILES string of the molecule is CCc1cccc(NC(=O)Cn2c(=O)n(CCc3ccccc3)c(=O)c3sccc32)c1. The second-order valence-electron chi connectivity index (χ2n) is 7.30. The molecule has 7 heteroatoms. The average Bonchev–Trinajstić information content (AvgIpc) is 3.27. The van der Waals surface area contributed by atoms with Crippen molar-refractivity contribution in [2.45, 2.75) is 32.9 Å². The van der Waals surface area contributed by atoms with Gasteiger partial charge in [-0.1, -0.05) is 49.4 Å². The van der Waals surface area contributed by atoms with Crippen LogP contribution in [0.3, 0.4) is 0 Å². The summed E-state index contributed by atoms with van der Waals surface area (Å²) >= 11 is 1.28. The van der Waals surface area contributed by atoms with E-state index in [9.17, 15) is 14.4 Å². The van der Waals surface area contributed by atoms with Crippen molar-refractivity contribution in [1.82, 2.24) is 9.13 Å². The Morgan fingerprint density at radius 1 is 0.968 bits per heavy atom. The van der Waals surface area contributed by atoms with Crippen molar-refractivity contribution in [3.8, 4) is 0 Å². The van der Waals surface area contributed by atoms with Gasteiger partial charge in [0.05, 0.1) is 5.52 Å². The average molecular weight is 434 g/mol. The molecular formula is C24H23N3O3S. The fourth-order valence-corrected chi connectivity index (χ4v) is 4.42. The molecule has 2 aromatic heterocycles. The van der Waals surface area contributed by atoms with Crippen molar-refractivity contribution in [2.24, 2.45) is 0 Å². The minimum absolute atomic E-state index is 0.159. The van der Waals surface area contributed by atoms with E-state index in [1.165, 1.54) is 20.5 Å². The zero-order valence-corrected chi connectivity index (χ0v) is 18.0. The number of aryl methyl sites for hydroxylation is 2. The molecule has 4 aromatic rings. The smallest absolute Gasteiger partial charge is 0.325 e. The lowest BCUT2D eigenvalue weighted by atomic mass is 10.1. The Balaban J connectivity index is 1.63. The van der Waals surface area contributed by atoms with Gasteiger partial charge in [0.25, 0.3) is 5.56 Å². The number of amides is 1. The fraction of sp³-hybridized carbons (Fsp3) is 0.208. The van der Waals surface area contributed by atoms with E-state index in [0.717, 1.165) is 17.5 Å². The van der Waals surface area contributed by atoms with Gasteiger partial charge in [0.15, 0.2) is 0 Å². The predicted octanol–water partition coefficient (Wildman–Crippen LogP) is 3.67. The largest absolute Gasteiger partial charge is 0.332 e. The first-order valence-corrected chi connectivity index (χ1v) is 11.1. The van der Waals surface area contributed by atoms with Gasteiger partial charge < -0.3 is 5.32 Å². The van der Waals surface area contributed by atoms with Crippen LogP contribution in [0.1, 0.15) is 18.1 Å². The molecule has 0 spiro atoms. The number of benzene rings is 2. The van der Waals surface area contributed by atoms with Crippen LogP contribution in [0, 0.1) is 0 Å². The van der Waals surface area contributed by atoms with E-state index >= 15 is 0 Å².